The number of aliphatic carboxylic acids is 1. The Bertz CT molecular complexity index is 773. The maximum Gasteiger partial charge on any atom is 0.352 e. The molecule has 1 fully saturated rings. The number of nitrogens with zero attached hydrogens (tertiary/aromatic N) is 3. The number of β-lactam (4-membered cyclic amide) rings is 1. The standard InChI is InChI=1S/C13H13N5O5S/c1-2-5-4-24-11-8(10(20)18(11)9(5)12(21)22)16-7(19)3-6-15-13(14)23-17-6/h2,8,11H,1,3-4H2,(H,16,19)(H,21,22)(H2,14,15,17)/t8?,11-/m1/s1. The third kappa shape index (κ3) is 2.62. The van der Waals surface area contributed by atoms with E-state index in [9.17, 15) is 19.5 Å². The topological polar surface area (TPSA) is 152 Å². The number of anilines is 1. The fourth-order valence-electron chi connectivity index (χ4n) is 2.51. The summed E-state index contributed by atoms with van der Waals surface area (Å²) in [7, 11) is 0. The molecule has 0 spiro atoms. The van der Waals surface area contributed by atoms with Gasteiger partial charge in [-0.25, -0.2) is 4.79 Å². The van der Waals surface area contributed by atoms with Crippen molar-refractivity contribution in [2.45, 2.75) is 17.8 Å². The van der Waals surface area contributed by atoms with Crippen LogP contribution in [-0.2, 0) is 20.8 Å². The number of carboxylic acids is 1. The minimum absolute atomic E-state index is 0.0878. The monoisotopic (exact) mass is 351 g/mol. The van der Waals surface area contributed by atoms with Crippen LogP contribution in [0.15, 0.2) is 28.4 Å². The summed E-state index contributed by atoms with van der Waals surface area (Å²) in [6.45, 7) is 3.57. The van der Waals surface area contributed by atoms with Crippen molar-refractivity contribution in [3.05, 3.63) is 29.7 Å². The Morgan fingerprint density at radius 2 is 2.33 bits per heavy atom. The third-order valence-electron chi connectivity index (χ3n) is 3.57. The zero-order valence-electron chi connectivity index (χ0n) is 12.3. The molecule has 3 heterocycles. The number of hydrogen-bond acceptors (Lipinski definition) is 8. The number of aromatic nitrogens is 2. The van der Waals surface area contributed by atoms with Crippen molar-refractivity contribution >= 4 is 35.6 Å². The molecule has 4 N–H and O–H groups in total. The van der Waals surface area contributed by atoms with E-state index in [1.807, 2.05) is 0 Å². The molecule has 24 heavy (non-hydrogen) atoms. The lowest BCUT2D eigenvalue weighted by atomic mass is 10.0. The third-order valence-corrected chi connectivity index (χ3v) is 4.87. The molecule has 0 aliphatic carbocycles. The van der Waals surface area contributed by atoms with E-state index in [-0.39, 0.29) is 24.0 Å². The molecule has 1 saturated heterocycles. The second-order valence-electron chi connectivity index (χ2n) is 5.06. The van der Waals surface area contributed by atoms with Gasteiger partial charge in [0.15, 0.2) is 5.82 Å². The number of carboxylic acid groups (broad SMARTS) is 1. The second-order valence-corrected chi connectivity index (χ2v) is 6.17. The maximum atomic E-state index is 12.3. The molecule has 1 aromatic rings. The smallest absolute Gasteiger partial charge is 0.352 e. The van der Waals surface area contributed by atoms with E-state index in [1.54, 1.807) is 0 Å². The first-order valence-corrected chi connectivity index (χ1v) is 7.88. The molecule has 0 saturated carbocycles. The molecule has 2 aliphatic rings. The van der Waals surface area contributed by atoms with Crippen molar-refractivity contribution < 1.29 is 24.0 Å². The minimum Gasteiger partial charge on any atom is -0.477 e. The Kier molecular flexibility index (Phi) is 4.01. The van der Waals surface area contributed by atoms with Crippen LogP contribution in [-0.4, -0.2) is 55.1 Å². The number of hydrogen-bond donors (Lipinski definition) is 3. The van der Waals surface area contributed by atoms with Crippen LogP contribution in [0.1, 0.15) is 5.82 Å². The number of nitrogen functional groups attached to an aromatic ring is 1. The van der Waals surface area contributed by atoms with Gasteiger partial charge in [-0.15, -0.1) is 11.8 Å². The van der Waals surface area contributed by atoms with Gasteiger partial charge in [0.1, 0.15) is 17.1 Å². The number of carbonyl (C=O) groups excluding carboxylic acids is 2. The lowest BCUT2D eigenvalue weighted by molar-refractivity contribution is -0.150. The Hall–Kier alpha value is -2.82. The number of allylic oxidation sites excluding steroid dienone is 1. The summed E-state index contributed by atoms with van der Waals surface area (Å²) < 4.78 is 4.56. The zero-order valence-corrected chi connectivity index (χ0v) is 13.1. The average molecular weight is 351 g/mol. The van der Waals surface area contributed by atoms with Crippen molar-refractivity contribution in [3.8, 4) is 0 Å². The normalized spacial score (nSPS) is 22.7. The van der Waals surface area contributed by atoms with Crippen LogP contribution in [0.3, 0.4) is 0 Å². The number of fused-ring (bicyclic) bond motifs is 1. The van der Waals surface area contributed by atoms with Crippen molar-refractivity contribution in [3.63, 3.8) is 0 Å². The highest BCUT2D eigenvalue weighted by Gasteiger charge is 2.53. The van der Waals surface area contributed by atoms with E-state index in [1.165, 1.54) is 22.7 Å². The van der Waals surface area contributed by atoms with Gasteiger partial charge in [-0.1, -0.05) is 17.8 Å². The largest absolute Gasteiger partial charge is 0.477 e. The highest BCUT2D eigenvalue weighted by atomic mass is 32.2. The summed E-state index contributed by atoms with van der Waals surface area (Å²) >= 11 is 1.36. The zero-order chi connectivity index (χ0) is 17.4. The lowest BCUT2D eigenvalue weighted by Crippen LogP contribution is -2.70. The summed E-state index contributed by atoms with van der Waals surface area (Å²) in [5, 5.41) is 14.9. The number of carbonyl (C=O) groups is 3. The minimum atomic E-state index is -1.20. The van der Waals surface area contributed by atoms with E-state index < -0.39 is 29.2 Å². The van der Waals surface area contributed by atoms with Crippen molar-refractivity contribution in [2.24, 2.45) is 0 Å². The molecule has 11 heteroatoms. The first-order valence-electron chi connectivity index (χ1n) is 6.83. The van der Waals surface area contributed by atoms with Crippen molar-refractivity contribution in [1.82, 2.24) is 20.4 Å². The van der Waals surface area contributed by atoms with E-state index in [4.69, 9.17) is 5.73 Å². The molecule has 2 aliphatic heterocycles. The molecule has 3 rings (SSSR count). The predicted molar refractivity (Wildman–Crippen MR) is 82.3 cm³/mol. The van der Waals surface area contributed by atoms with Gasteiger partial charge < -0.3 is 20.7 Å². The SMILES string of the molecule is C=CC1=C(C(=O)O)N2C(=O)C(NC(=O)Cc3noc(N)n3)[C@H]2SC1. The van der Waals surface area contributed by atoms with Gasteiger partial charge in [0.2, 0.25) is 5.91 Å². The molecular formula is C13H13N5O5S. The fourth-order valence-corrected chi connectivity index (χ4v) is 3.85. The average Bonchev–Trinajstić information content (AvgIpc) is 2.95. The molecule has 10 nitrogen and oxygen atoms in total. The molecule has 0 bridgehead atoms. The van der Waals surface area contributed by atoms with Crippen molar-refractivity contribution in [1.29, 1.82) is 0 Å². The van der Waals surface area contributed by atoms with Gasteiger partial charge in [0, 0.05) is 5.75 Å². The Morgan fingerprint density at radius 3 is 2.92 bits per heavy atom. The van der Waals surface area contributed by atoms with Crippen LogP contribution in [0.2, 0.25) is 0 Å². The van der Waals surface area contributed by atoms with Crippen LogP contribution in [0.5, 0.6) is 0 Å². The lowest BCUT2D eigenvalue weighted by Gasteiger charge is -2.49. The van der Waals surface area contributed by atoms with Crippen LogP contribution in [0.25, 0.3) is 0 Å². The fraction of sp³-hybridized carbons (Fsp3) is 0.308. The van der Waals surface area contributed by atoms with Gasteiger partial charge in [-0.2, -0.15) is 4.98 Å². The molecule has 1 aromatic heterocycles. The molecule has 1 unspecified atom stereocenters. The van der Waals surface area contributed by atoms with Gasteiger partial charge in [-0.05, 0) is 5.57 Å². The molecule has 2 atom stereocenters. The number of nitrogens with one attached hydrogen (secondary N) is 1. The van der Waals surface area contributed by atoms with Crippen molar-refractivity contribution in [2.75, 3.05) is 11.5 Å². The van der Waals surface area contributed by atoms with Gasteiger partial charge in [0.05, 0.1) is 6.42 Å². The summed E-state index contributed by atoms with van der Waals surface area (Å²) in [4.78, 5) is 40.5. The Morgan fingerprint density at radius 1 is 1.58 bits per heavy atom. The van der Waals surface area contributed by atoms with Crippen LogP contribution in [0, 0.1) is 0 Å². The van der Waals surface area contributed by atoms with Gasteiger partial charge in [-0.3, -0.25) is 14.5 Å². The highest BCUT2D eigenvalue weighted by molar-refractivity contribution is 8.00. The summed E-state index contributed by atoms with van der Waals surface area (Å²) in [6, 6.07) is -0.952. The molecular weight excluding hydrogens is 338 g/mol. The highest BCUT2D eigenvalue weighted by Crippen LogP contribution is 2.40. The van der Waals surface area contributed by atoms with Crippen LogP contribution in [0.4, 0.5) is 6.01 Å². The predicted octanol–water partition coefficient (Wildman–Crippen LogP) is -0.881. The maximum absolute atomic E-state index is 12.3. The van der Waals surface area contributed by atoms with Gasteiger partial charge >= 0.3 is 12.0 Å². The van der Waals surface area contributed by atoms with E-state index in [0.717, 1.165) is 0 Å². The summed E-state index contributed by atoms with van der Waals surface area (Å²) in [6.07, 6.45) is 1.23. The summed E-state index contributed by atoms with van der Waals surface area (Å²) in [5.41, 5.74) is 5.66. The van der Waals surface area contributed by atoms with Crippen LogP contribution >= 0.6 is 11.8 Å². The van der Waals surface area contributed by atoms with E-state index in [0.29, 0.717) is 11.3 Å². The van der Waals surface area contributed by atoms with Crippen LogP contribution < -0.4 is 11.1 Å². The molecule has 0 aromatic carbocycles. The Balaban J connectivity index is 1.69. The number of thioether (sulfide) groups is 1. The van der Waals surface area contributed by atoms with Gasteiger partial charge in [0.25, 0.3) is 5.91 Å². The molecule has 126 valence electrons. The first kappa shape index (κ1) is 16.1. The number of nitrogens with two attached hydrogens (primary N) is 1. The number of rotatable bonds is 5. The molecule has 0 radical (unpaired) electrons. The van der Waals surface area contributed by atoms with E-state index >= 15 is 0 Å². The number of amides is 2. The summed E-state index contributed by atoms with van der Waals surface area (Å²) in [5.74, 6) is -1.66. The Labute approximate surface area is 139 Å². The quantitative estimate of drug-likeness (QED) is 0.574. The second kappa shape index (κ2) is 6.00. The molecule has 2 amide bonds. The van der Waals surface area contributed by atoms with E-state index in [2.05, 4.69) is 26.6 Å². The first-order chi connectivity index (χ1) is 11.4.